The van der Waals surface area contributed by atoms with Crippen LogP contribution in [0.3, 0.4) is 0 Å². The van der Waals surface area contributed by atoms with Crippen molar-refractivity contribution >= 4 is 17.1 Å². The lowest BCUT2D eigenvalue weighted by molar-refractivity contribution is 0.656. The molecule has 10 aromatic rings. The molecule has 0 radical (unpaired) electrons. The van der Waals surface area contributed by atoms with E-state index in [-0.39, 0.29) is 16.2 Å². The Morgan fingerprint density at radius 2 is 0.690 bits per heavy atom. The van der Waals surface area contributed by atoms with Crippen LogP contribution in [0.2, 0.25) is 0 Å². The van der Waals surface area contributed by atoms with Gasteiger partial charge in [0.2, 0.25) is 0 Å². The van der Waals surface area contributed by atoms with E-state index in [0.717, 1.165) is 11.4 Å². The van der Waals surface area contributed by atoms with E-state index in [1.807, 2.05) is 0 Å². The van der Waals surface area contributed by atoms with Crippen LogP contribution in [-0.4, -0.2) is 0 Å². The van der Waals surface area contributed by atoms with Gasteiger partial charge in [-0.15, -0.1) is 0 Å². The van der Waals surface area contributed by atoms with Crippen LogP contribution in [0, 0.1) is 0 Å². The zero-order valence-electron chi connectivity index (χ0n) is 41.3. The number of anilines is 3. The third-order valence-electron chi connectivity index (χ3n) is 17.3. The minimum Gasteiger partial charge on any atom is -0.309 e. The minimum atomic E-state index is -0.633. The van der Waals surface area contributed by atoms with Crippen molar-refractivity contribution in [3.8, 4) is 55.6 Å². The molecule has 0 saturated heterocycles. The van der Waals surface area contributed by atoms with Gasteiger partial charge in [0.25, 0.3) is 0 Å². The van der Waals surface area contributed by atoms with E-state index in [2.05, 4.69) is 271 Å². The van der Waals surface area contributed by atoms with E-state index in [1.54, 1.807) is 0 Å². The summed E-state index contributed by atoms with van der Waals surface area (Å²) in [5.41, 5.74) is 28.4. The summed E-state index contributed by atoms with van der Waals surface area (Å²) >= 11 is 0. The lowest BCUT2D eigenvalue weighted by Gasteiger charge is -2.37. The number of benzene rings is 10. The lowest BCUT2D eigenvalue weighted by atomic mass is 9.66. The highest BCUT2D eigenvalue weighted by molar-refractivity contribution is 6.08. The van der Waals surface area contributed by atoms with Gasteiger partial charge in [0.05, 0.1) is 11.1 Å². The van der Waals surface area contributed by atoms with Crippen LogP contribution in [-0.2, 0) is 21.7 Å². The van der Waals surface area contributed by atoms with Crippen molar-refractivity contribution < 1.29 is 0 Å². The Balaban J connectivity index is 1.17. The SMILES string of the molecule is CC1(C)c2ccccc2-c2ccc(N(c3ccc4c(c3)C(C)(C)c3ccccc3-4)c3c4c(cc5c3-c3cc(-c6ccccc6)ccc3C5(c3ccccc3)c3ccccc3)C(C)(C)c3ccccc3-4)cc21. The van der Waals surface area contributed by atoms with E-state index >= 15 is 0 Å². The van der Waals surface area contributed by atoms with Crippen molar-refractivity contribution in [1.29, 1.82) is 0 Å². The minimum absolute atomic E-state index is 0.197. The molecule has 0 unspecified atom stereocenters. The van der Waals surface area contributed by atoms with Gasteiger partial charge >= 0.3 is 0 Å². The molecule has 0 heterocycles. The van der Waals surface area contributed by atoms with Gasteiger partial charge < -0.3 is 4.90 Å². The fraction of sp³-hybridized carbons (Fsp3) is 0.143. The Morgan fingerprint density at radius 3 is 1.23 bits per heavy atom. The molecular weight excluding hydrogens is 855 g/mol. The van der Waals surface area contributed by atoms with E-state index in [0.29, 0.717) is 0 Å². The summed E-state index contributed by atoms with van der Waals surface area (Å²) in [6.07, 6.45) is 0. The lowest BCUT2D eigenvalue weighted by Crippen LogP contribution is -2.29. The van der Waals surface area contributed by atoms with Crippen LogP contribution in [0.15, 0.2) is 224 Å². The van der Waals surface area contributed by atoms with Crippen LogP contribution in [0.5, 0.6) is 0 Å². The highest BCUT2D eigenvalue weighted by Gasteiger charge is 2.51. The molecule has 340 valence electrons. The Labute approximate surface area is 418 Å². The van der Waals surface area contributed by atoms with Gasteiger partial charge in [-0.2, -0.15) is 0 Å². The molecule has 1 nitrogen and oxygen atoms in total. The van der Waals surface area contributed by atoms with Gasteiger partial charge in [-0.05, 0) is 130 Å². The predicted octanol–water partition coefficient (Wildman–Crippen LogP) is 18.1. The molecule has 0 aliphatic heterocycles. The topological polar surface area (TPSA) is 3.24 Å². The average molecular weight is 910 g/mol. The number of rotatable bonds is 6. The number of hydrogen-bond donors (Lipinski definition) is 0. The molecule has 0 N–H and O–H groups in total. The monoisotopic (exact) mass is 909 g/mol. The average Bonchev–Trinajstić information content (AvgIpc) is 4.01. The van der Waals surface area contributed by atoms with Crippen molar-refractivity contribution in [2.45, 2.75) is 63.2 Å². The summed E-state index contributed by atoms with van der Waals surface area (Å²) in [5.74, 6) is 0. The van der Waals surface area contributed by atoms with E-state index in [4.69, 9.17) is 0 Å². The maximum Gasteiger partial charge on any atom is 0.0714 e. The van der Waals surface area contributed by atoms with Gasteiger partial charge in [0.15, 0.2) is 0 Å². The quantitative estimate of drug-likeness (QED) is 0.161. The second-order valence-corrected chi connectivity index (χ2v) is 22.0. The molecule has 0 atom stereocenters. The molecule has 0 bridgehead atoms. The summed E-state index contributed by atoms with van der Waals surface area (Å²) < 4.78 is 0. The zero-order chi connectivity index (χ0) is 48.0. The van der Waals surface area contributed by atoms with Gasteiger partial charge in [0.1, 0.15) is 0 Å². The Bertz CT molecular complexity index is 3690. The zero-order valence-corrected chi connectivity index (χ0v) is 41.3. The van der Waals surface area contributed by atoms with Gasteiger partial charge in [0, 0.05) is 38.7 Å². The molecule has 0 spiro atoms. The molecule has 0 saturated carbocycles. The van der Waals surface area contributed by atoms with Crippen LogP contribution in [0.25, 0.3) is 55.6 Å². The highest BCUT2D eigenvalue weighted by Crippen LogP contribution is 2.66. The third kappa shape index (κ3) is 5.58. The molecule has 71 heavy (non-hydrogen) atoms. The highest BCUT2D eigenvalue weighted by atomic mass is 15.2. The Kier molecular flexibility index (Phi) is 8.72. The maximum absolute atomic E-state index is 2.69. The summed E-state index contributed by atoms with van der Waals surface area (Å²) in [6.45, 7) is 14.5. The molecule has 4 aliphatic rings. The fourth-order valence-electron chi connectivity index (χ4n) is 13.9. The van der Waals surface area contributed by atoms with Gasteiger partial charge in [-0.25, -0.2) is 0 Å². The first-order valence-corrected chi connectivity index (χ1v) is 25.4. The Hall–Kier alpha value is -8.00. The number of nitrogens with zero attached hydrogens (tertiary/aromatic N) is 1. The van der Waals surface area contributed by atoms with Crippen LogP contribution < -0.4 is 4.90 Å². The molecule has 4 aliphatic carbocycles. The molecular formula is C70H55N. The summed E-state index contributed by atoms with van der Waals surface area (Å²) in [6, 6.07) is 85.7. The first-order chi connectivity index (χ1) is 34.5. The maximum atomic E-state index is 2.69. The molecule has 0 amide bonds. The molecule has 10 aromatic carbocycles. The van der Waals surface area contributed by atoms with E-state index < -0.39 is 5.41 Å². The van der Waals surface area contributed by atoms with Crippen molar-refractivity contribution in [2.75, 3.05) is 4.90 Å². The first-order valence-electron chi connectivity index (χ1n) is 25.4. The fourth-order valence-corrected chi connectivity index (χ4v) is 13.9. The number of hydrogen-bond acceptors (Lipinski definition) is 1. The van der Waals surface area contributed by atoms with E-state index in [1.165, 1.54) is 117 Å². The first kappa shape index (κ1) is 41.9. The summed E-state index contributed by atoms with van der Waals surface area (Å²) in [7, 11) is 0. The van der Waals surface area contributed by atoms with Crippen molar-refractivity contribution in [3.05, 3.63) is 280 Å². The molecule has 14 rings (SSSR count). The smallest absolute Gasteiger partial charge is 0.0714 e. The second kappa shape index (κ2) is 14.8. The molecule has 0 fully saturated rings. The summed E-state index contributed by atoms with van der Waals surface area (Å²) in [5, 5.41) is 0. The second-order valence-electron chi connectivity index (χ2n) is 22.0. The van der Waals surface area contributed by atoms with Crippen molar-refractivity contribution in [3.63, 3.8) is 0 Å². The number of fused-ring (bicyclic) bond motifs is 12. The third-order valence-corrected chi connectivity index (χ3v) is 17.3. The molecule has 0 aromatic heterocycles. The van der Waals surface area contributed by atoms with Crippen molar-refractivity contribution in [1.82, 2.24) is 0 Å². The molecule has 1 heteroatoms. The Morgan fingerprint density at radius 1 is 0.268 bits per heavy atom. The van der Waals surface area contributed by atoms with Crippen molar-refractivity contribution in [2.24, 2.45) is 0 Å². The van der Waals surface area contributed by atoms with Gasteiger partial charge in [-0.1, -0.05) is 236 Å². The van der Waals surface area contributed by atoms with E-state index in [9.17, 15) is 0 Å². The predicted molar refractivity (Wildman–Crippen MR) is 297 cm³/mol. The van der Waals surface area contributed by atoms with Crippen LogP contribution in [0.4, 0.5) is 17.1 Å². The standard InChI is InChI=1S/C70H55N/c1-67(2)56-31-19-16-28-50(56)52-37-35-48(41-60(52)67)71(49-36-38-53-51-29-17-20-32-57(51)68(3,4)61(53)42-49)66-64-54-30-18-21-33-58(54)69(5,6)62(64)43-63-65(66)55-40-45(44-22-10-7-11-23-44)34-39-59(55)70(63,46-24-12-8-13-25-46)47-26-14-9-15-27-47/h7-43H,1-6H3. The van der Waals surface area contributed by atoms with Crippen LogP contribution in [0.1, 0.15) is 97.2 Å². The van der Waals surface area contributed by atoms with Crippen LogP contribution >= 0.6 is 0 Å². The van der Waals surface area contributed by atoms with Gasteiger partial charge in [-0.3, -0.25) is 0 Å². The normalized spacial score (nSPS) is 15.9. The largest absolute Gasteiger partial charge is 0.309 e. The summed E-state index contributed by atoms with van der Waals surface area (Å²) in [4.78, 5) is 2.69.